The lowest BCUT2D eigenvalue weighted by molar-refractivity contribution is -0.125. The summed E-state index contributed by atoms with van der Waals surface area (Å²) in [4.78, 5) is 23.3. The Morgan fingerprint density at radius 2 is 1.57 bits per heavy atom. The largest absolute Gasteiger partial charge is 0.362 e. The van der Waals surface area contributed by atoms with Crippen molar-refractivity contribution in [2.75, 3.05) is 23.8 Å². The van der Waals surface area contributed by atoms with Gasteiger partial charge in [0.2, 0.25) is 11.8 Å². The molecule has 0 bridgehead atoms. The fourth-order valence-corrected chi connectivity index (χ4v) is 1.89. The summed E-state index contributed by atoms with van der Waals surface area (Å²) in [5, 5.41) is 5.21. The van der Waals surface area contributed by atoms with Crippen LogP contribution in [0.5, 0.6) is 0 Å². The van der Waals surface area contributed by atoms with Crippen molar-refractivity contribution < 1.29 is 18.7 Å². The summed E-state index contributed by atoms with van der Waals surface area (Å²) < 4.78 is 17.8. The second-order valence-electron chi connectivity index (χ2n) is 4.97. The number of benzene rings is 2. The predicted octanol–water partition coefficient (Wildman–Crippen LogP) is 2.73. The smallest absolute Gasteiger partial charge is 0.250 e. The highest BCUT2D eigenvalue weighted by Crippen LogP contribution is 2.09. The number of ether oxygens (including phenoxy) is 1. The van der Waals surface area contributed by atoms with Crippen LogP contribution >= 0.6 is 0 Å². The molecule has 2 aromatic rings. The van der Waals surface area contributed by atoms with Crippen LogP contribution in [0.3, 0.4) is 0 Å². The molecular formula is C17H17FN2O3. The molecule has 0 spiro atoms. The molecule has 5 nitrogen and oxygen atoms in total. The van der Waals surface area contributed by atoms with Gasteiger partial charge in [-0.2, -0.15) is 0 Å². The van der Waals surface area contributed by atoms with Gasteiger partial charge < -0.3 is 15.4 Å². The maximum atomic E-state index is 12.7. The fourth-order valence-electron chi connectivity index (χ4n) is 1.89. The van der Waals surface area contributed by atoms with Crippen molar-refractivity contribution in [2.45, 2.75) is 6.92 Å². The van der Waals surface area contributed by atoms with Crippen LogP contribution in [0.1, 0.15) is 5.56 Å². The Morgan fingerprint density at radius 3 is 2.17 bits per heavy atom. The van der Waals surface area contributed by atoms with Gasteiger partial charge in [-0.05, 0) is 48.9 Å². The molecule has 2 amide bonds. The van der Waals surface area contributed by atoms with E-state index in [0.717, 1.165) is 5.56 Å². The number of rotatable bonds is 6. The third kappa shape index (κ3) is 5.88. The molecule has 0 saturated heterocycles. The highest BCUT2D eigenvalue weighted by Gasteiger charge is 2.06. The van der Waals surface area contributed by atoms with E-state index in [1.165, 1.54) is 24.3 Å². The zero-order chi connectivity index (χ0) is 16.7. The van der Waals surface area contributed by atoms with Crippen molar-refractivity contribution in [1.29, 1.82) is 0 Å². The molecule has 0 unspecified atom stereocenters. The number of nitrogens with one attached hydrogen (secondary N) is 2. The van der Waals surface area contributed by atoms with Crippen LogP contribution in [0.2, 0.25) is 0 Å². The molecule has 0 aliphatic rings. The van der Waals surface area contributed by atoms with Gasteiger partial charge in [-0.25, -0.2) is 4.39 Å². The van der Waals surface area contributed by atoms with E-state index in [1.807, 2.05) is 25.1 Å². The first kappa shape index (κ1) is 16.6. The van der Waals surface area contributed by atoms with E-state index in [9.17, 15) is 14.0 Å². The Hall–Kier alpha value is -2.73. The Balaban J connectivity index is 1.70. The number of aryl methyl sites for hydroxylation is 1. The first-order chi connectivity index (χ1) is 11.0. The van der Waals surface area contributed by atoms with Crippen molar-refractivity contribution in [2.24, 2.45) is 0 Å². The van der Waals surface area contributed by atoms with E-state index >= 15 is 0 Å². The minimum atomic E-state index is -0.417. The topological polar surface area (TPSA) is 67.4 Å². The molecule has 0 atom stereocenters. The minimum Gasteiger partial charge on any atom is -0.362 e. The van der Waals surface area contributed by atoms with Crippen molar-refractivity contribution in [3.8, 4) is 0 Å². The van der Waals surface area contributed by atoms with Crippen LogP contribution < -0.4 is 10.6 Å². The number of amides is 2. The quantitative estimate of drug-likeness (QED) is 0.861. The molecule has 2 rings (SSSR count). The molecule has 23 heavy (non-hydrogen) atoms. The first-order valence-electron chi connectivity index (χ1n) is 7.02. The van der Waals surface area contributed by atoms with Crippen LogP contribution in [0, 0.1) is 12.7 Å². The summed E-state index contributed by atoms with van der Waals surface area (Å²) in [6.07, 6.45) is 0. The first-order valence-corrected chi connectivity index (χ1v) is 7.02. The van der Waals surface area contributed by atoms with Crippen molar-refractivity contribution in [3.05, 3.63) is 59.9 Å². The van der Waals surface area contributed by atoms with Gasteiger partial charge in [-0.15, -0.1) is 0 Å². The van der Waals surface area contributed by atoms with E-state index < -0.39 is 5.91 Å². The average Bonchev–Trinajstić information content (AvgIpc) is 2.49. The van der Waals surface area contributed by atoms with Gasteiger partial charge in [0, 0.05) is 11.4 Å². The number of carbonyl (C=O) groups is 2. The lowest BCUT2D eigenvalue weighted by Crippen LogP contribution is -2.23. The number of hydrogen-bond acceptors (Lipinski definition) is 3. The van der Waals surface area contributed by atoms with Crippen molar-refractivity contribution >= 4 is 23.2 Å². The molecule has 0 heterocycles. The maximum Gasteiger partial charge on any atom is 0.250 e. The van der Waals surface area contributed by atoms with E-state index in [1.54, 1.807) is 6.07 Å². The standard InChI is InChI=1S/C17H17FN2O3/c1-12-3-2-4-15(9-12)20-17(22)11-23-10-16(21)19-14-7-5-13(18)6-8-14/h2-9H,10-11H2,1H3,(H,19,21)(H,20,22). The van der Waals surface area contributed by atoms with Crippen LogP contribution in [0.25, 0.3) is 0 Å². The molecule has 0 aliphatic carbocycles. The molecule has 0 fully saturated rings. The van der Waals surface area contributed by atoms with Crippen molar-refractivity contribution in [3.63, 3.8) is 0 Å². The molecular weight excluding hydrogens is 299 g/mol. The van der Waals surface area contributed by atoms with Crippen LogP contribution in [0.15, 0.2) is 48.5 Å². The average molecular weight is 316 g/mol. The Morgan fingerprint density at radius 1 is 0.957 bits per heavy atom. The number of carbonyl (C=O) groups excluding carboxylic acids is 2. The van der Waals surface area contributed by atoms with Crippen molar-refractivity contribution in [1.82, 2.24) is 0 Å². The minimum absolute atomic E-state index is 0.231. The lowest BCUT2D eigenvalue weighted by atomic mass is 10.2. The van der Waals surface area contributed by atoms with E-state index in [2.05, 4.69) is 10.6 Å². The van der Waals surface area contributed by atoms with Crippen LogP contribution in [0.4, 0.5) is 15.8 Å². The molecule has 6 heteroatoms. The normalized spacial score (nSPS) is 10.2. The molecule has 120 valence electrons. The Labute approximate surface area is 133 Å². The van der Waals surface area contributed by atoms with E-state index in [4.69, 9.17) is 4.74 Å². The number of anilines is 2. The zero-order valence-corrected chi connectivity index (χ0v) is 12.6. The molecule has 0 aromatic heterocycles. The van der Waals surface area contributed by atoms with Gasteiger partial charge in [-0.3, -0.25) is 9.59 Å². The molecule has 2 N–H and O–H groups in total. The Bertz CT molecular complexity index is 686. The fraction of sp³-hybridized carbons (Fsp3) is 0.176. The summed E-state index contributed by atoms with van der Waals surface area (Å²) in [5.41, 5.74) is 2.17. The molecule has 0 radical (unpaired) electrons. The van der Waals surface area contributed by atoms with Gasteiger partial charge in [0.25, 0.3) is 0 Å². The van der Waals surface area contributed by atoms with Gasteiger partial charge >= 0.3 is 0 Å². The summed E-state index contributed by atoms with van der Waals surface area (Å²) in [6, 6.07) is 12.7. The summed E-state index contributed by atoms with van der Waals surface area (Å²) >= 11 is 0. The third-order valence-corrected chi connectivity index (χ3v) is 2.90. The van der Waals surface area contributed by atoms with Crippen LogP contribution in [-0.4, -0.2) is 25.0 Å². The summed E-state index contributed by atoms with van der Waals surface area (Å²) in [5.74, 6) is -1.14. The van der Waals surface area contributed by atoms with Gasteiger partial charge in [0.15, 0.2) is 0 Å². The highest BCUT2D eigenvalue weighted by atomic mass is 19.1. The van der Waals surface area contributed by atoms with E-state index in [-0.39, 0.29) is 24.9 Å². The second kappa shape index (κ2) is 8.05. The lowest BCUT2D eigenvalue weighted by Gasteiger charge is -2.08. The summed E-state index contributed by atoms with van der Waals surface area (Å²) in [7, 11) is 0. The van der Waals surface area contributed by atoms with E-state index in [0.29, 0.717) is 11.4 Å². The maximum absolute atomic E-state index is 12.7. The molecule has 2 aromatic carbocycles. The molecule has 0 aliphatic heterocycles. The predicted molar refractivity (Wildman–Crippen MR) is 85.7 cm³/mol. The van der Waals surface area contributed by atoms with Gasteiger partial charge in [0.05, 0.1) is 0 Å². The zero-order valence-electron chi connectivity index (χ0n) is 12.6. The highest BCUT2D eigenvalue weighted by molar-refractivity contribution is 5.93. The van der Waals surface area contributed by atoms with Gasteiger partial charge in [-0.1, -0.05) is 12.1 Å². The molecule has 0 saturated carbocycles. The van der Waals surface area contributed by atoms with Crippen LogP contribution in [-0.2, 0) is 14.3 Å². The third-order valence-electron chi connectivity index (χ3n) is 2.90. The number of hydrogen-bond donors (Lipinski definition) is 2. The Kier molecular flexibility index (Phi) is 5.82. The summed E-state index contributed by atoms with van der Waals surface area (Å²) in [6.45, 7) is 1.43. The second-order valence-corrected chi connectivity index (χ2v) is 4.97. The van der Waals surface area contributed by atoms with Gasteiger partial charge in [0.1, 0.15) is 19.0 Å². The monoisotopic (exact) mass is 316 g/mol. The SMILES string of the molecule is Cc1cccc(NC(=O)COCC(=O)Nc2ccc(F)cc2)c1. The number of halogens is 1.